The summed E-state index contributed by atoms with van der Waals surface area (Å²) in [4.78, 5) is 22.9. The van der Waals surface area contributed by atoms with Crippen molar-refractivity contribution in [3.05, 3.63) is 22.6 Å². The van der Waals surface area contributed by atoms with Gasteiger partial charge in [0, 0.05) is 12.1 Å². The minimum absolute atomic E-state index is 0.0181. The molecule has 100 valence electrons. The van der Waals surface area contributed by atoms with Crippen molar-refractivity contribution in [2.24, 2.45) is 0 Å². The Labute approximate surface area is 113 Å². The number of rotatable bonds is 3. The molecule has 1 aromatic carbocycles. The molecule has 0 unspecified atom stereocenters. The first kappa shape index (κ1) is 13.3. The molecule has 2 rings (SSSR count). The number of hydrogen-bond acceptors (Lipinski definition) is 6. The molecule has 0 atom stereocenters. The van der Waals surface area contributed by atoms with Gasteiger partial charge < -0.3 is 14.6 Å². The summed E-state index contributed by atoms with van der Waals surface area (Å²) >= 11 is 0.799. The molecule has 19 heavy (non-hydrogen) atoms. The number of phenols is 1. The van der Waals surface area contributed by atoms with Gasteiger partial charge in [0.25, 0.3) is 11.1 Å². The summed E-state index contributed by atoms with van der Waals surface area (Å²) < 4.78 is 10.3. The SMILES string of the molecule is COc1cc(O)cc(OC)c1C=C1SC(=O)NC1=O. The molecule has 2 N–H and O–H groups in total. The number of phenolic OH excluding ortho intramolecular Hbond substituents is 1. The fourth-order valence-corrected chi connectivity index (χ4v) is 2.28. The van der Waals surface area contributed by atoms with Crippen LogP contribution in [0.3, 0.4) is 0 Å². The molecule has 1 aromatic rings. The first-order valence-electron chi connectivity index (χ1n) is 5.25. The lowest BCUT2D eigenvalue weighted by molar-refractivity contribution is -0.115. The standard InChI is InChI=1S/C12H11NO5S/c1-17-8-3-6(14)4-9(18-2)7(8)5-10-11(15)13-12(16)19-10/h3-5,14H,1-2H3,(H,13,15,16). The van der Waals surface area contributed by atoms with Crippen molar-refractivity contribution in [2.75, 3.05) is 14.2 Å². The maximum Gasteiger partial charge on any atom is 0.290 e. The quantitative estimate of drug-likeness (QED) is 0.821. The van der Waals surface area contributed by atoms with E-state index in [1.54, 1.807) is 0 Å². The van der Waals surface area contributed by atoms with E-state index in [0.29, 0.717) is 17.1 Å². The molecule has 1 saturated heterocycles. The summed E-state index contributed by atoms with van der Waals surface area (Å²) in [5.74, 6) is 0.205. The summed E-state index contributed by atoms with van der Waals surface area (Å²) in [6, 6.07) is 2.79. The van der Waals surface area contributed by atoms with Gasteiger partial charge in [-0.05, 0) is 17.8 Å². The van der Waals surface area contributed by atoms with Crippen molar-refractivity contribution in [3.63, 3.8) is 0 Å². The van der Waals surface area contributed by atoms with Crippen molar-refractivity contribution in [2.45, 2.75) is 0 Å². The lowest BCUT2D eigenvalue weighted by atomic mass is 10.1. The van der Waals surface area contributed by atoms with Crippen molar-refractivity contribution in [1.82, 2.24) is 5.32 Å². The van der Waals surface area contributed by atoms with Crippen LogP contribution in [0.5, 0.6) is 17.2 Å². The van der Waals surface area contributed by atoms with E-state index in [1.165, 1.54) is 32.4 Å². The molecule has 1 aliphatic heterocycles. The van der Waals surface area contributed by atoms with E-state index in [-0.39, 0.29) is 10.7 Å². The van der Waals surface area contributed by atoms with E-state index in [0.717, 1.165) is 11.8 Å². The average molecular weight is 281 g/mol. The van der Waals surface area contributed by atoms with Crippen LogP contribution in [0.25, 0.3) is 6.08 Å². The third-order valence-electron chi connectivity index (χ3n) is 2.45. The monoisotopic (exact) mass is 281 g/mol. The molecule has 1 heterocycles. The van der Waals surface area contributed by atoms with Gasteiger partial charge in [-0.3, -0.25) is 14.9 Å². The number of benzene rings is 1. The van der Waals surface area contributed by atoms with Crippen LogP contribution < -0.4 is 14.8 Å². The summed E-state index contributed by atoms with van der Waals surface area (Å²) in [6.07, 6.45) is 1.49. The van der Waals surface area contributed by atoms with Gasteiger partial charge in [-0.15, -0.1) is 0 Å². The fraction of sp³-hybridized carbons (Fsp3) is 0.167. The number of hydrogen-bond donors (Lipinski definition) is 2. The minimum atomic E-state index is -0.466. The van der Waals surface area contributed by atoms with E-state index < -0.39 is 11.1 Å². The number of methoxy groups -OCH3 is 2. The minimum Gasteiger partial charge on any atom is -0.508 e. The number of amides is 2. The maximum absolute atomic E-state index is 11.5. The summed E-state index contributed by atoms with van der Waals surface area (Å²) in [5, 5.41) is 11.3. The van der Waals surface area contributed by atoms with Crippen LogP contribution in [0.1, 0.15) is 5.56 Å². The summed E-state index contributed by atoms with van der Waals surface area (Å²) in [7, 11) is 2.87. The van der Waals surface area contributed by atoms with Crippen molar-refractivity contribution in [1.29, 1.82) is 0 Å². The summed E-state index contributed by atoms with van der Waals surface area (Å²) in [5.41, 5.74) is 0.482. The number of carbonyl (C=O) groups excluding carboxylic acids is 2. The topological polar surface area (TPSA) is 84.9 Å². The van der Waals surface area contributed by atoms with Crippen molar-refractivity contribution >= 4 is 29.0 Å². The summed E-state index contributed by atoms with van der Waals surface area (Å²) in [6.45, 7) is 0. The van der Waals surface area contributed by atoms with Crippen LogP contribution in [0, 0.1) is 0 Å². The molecule has 0 radical (unpaired) electrons. The second kappa shape index (κ2) is 5.23. The molecule has 0 bridgehead atoms. The molecule has 1 fully saturated rings. The van der Waals surface area contributed by atoms with Gasteiger partial charge in [-0.25, -0.2) is 0 Å². The fourth-order valence-electron chi connectivity index (χ4n) is 1.62. The Kier molecular flexibility index (Phi) is 3.66. The average Bonchev–Trinajstić information content (AvgIpc) is 2.69. The van der Waals surface area contributed by atoms with Crippen LogP contribution in [0.2, 0.25) is 0 Å². The van der Waals surface area contributed by atoms with Gasteiger partial charge >= 0.3 is 0 Å². The van der Waals surface area contributed by atoms with E-state index >= 15 is 0 Å². The molecule has 7 heteroatoms. The van der Waals surface area contributed by atoms with Crippen LogP contribution in [-0.4, -0.2) is 30.5 Å². The maximum atomic E-state index is 11.5. The van der Waals surface area contributed by atoms with Gasteiger partial charge in [0.15, 0.2) is 0 Å². The zero-order chi connectivity index (χ0) is 14.0. The van der Waals surface area contributed by atoms with Gasteiger partial charge in [0.1, 0.15) is 17.2 Å². The largest absolute Gasteiger partial charge is 0.508 e. The Bertz CT molecular complexity index is 556. The molecule has 0 saturated carbocycles. The first-order chi connectivity index (χ1) is 9.05. The molecule has 6 nitrogen and oxygen atoms in total. The second-order valence-electron chi connectivity index (χ2n) is 3.62. The molecule has 0 aliphatic carbocycles. The normalized spacial score (nSPS) is 16.6. The Morgan fingerprint density at radius 3 is 2.21 bits per heavy atom. The van der Waals surface area contributed by atoms with Crippen LogP contribution in [-0.2, 0) is 4.79 Å². The smallest absolute Gasteiger partial charge is 0.290 e. The number of carbonyl (C=O) groups is 2. The molecule has 0 spiro atoms. The third-order valence-corrected chi connectivity index (χ3v) is 3.26. The molecular formula is C12H11NO5S. The highest BCUT2D eigenvalue weighted by molar-refractivity contribution is 8.18. The van der Waals surface area contributed by atoms with Crippen molar-refractivity contribution in [3.8, 4) is 17.2 Å². The Morgan fingerprint density at radius 2 is 1.79 bits per heavy atom. The number of aromatic hydroxyl groups is 1. The Hall–Kier alpha value is -2.15. The predicted octanol–water partition coefficient (Wildman–Crippen LogP) is 1.73. The van der Waals surface area contributed by atoms with E-state index in [2.05, 4.69) is 5.32 Å². The number of ether oxygens (including phenoxy) is 2. The highest BCUT2D eigenvalue weighted by atomic mass is 32.2. The first-order valence-corrected chi connectivity index (χ1v) is 6.06. The lowest BCUT2D eigenvalue weighted by Gasteiger charge is -2.11. The zero-order valence-electron chi connectivity index (χ0n) is 10.2. The number of imide groups is 1. The van der Waals surface area contributed by atoms with E-state index in [9.17, 15) is 14.7 Å². The molecule has 2 amide bonds. The van der Waals surface area contributed by atoms with Gasteiger partial charge in [0.2, 0.25) is 0 Å². The molecule has 1 aliphatic rings. The zero-order valence-corrected chi connectivity index (χ0v) is 11.0. The van der Waals surface area contributed by atoms with Crippen LogP contribution >= 0.6 is 11.8 Å². The molecule has 0 aromatic heterocycles. The highest BCUT2D eigenvalue weighted by Crippen LogP contribution is 2.37. The molecular weight excluding hydrogens is 270 g/mol. The second-order valence-corrected chi connectivity index (χ2v) is 4.63. The number of nitrogens with one attached hydrogen (secondary N) is 1. The van der Waals surface area contributed by atoms with E-state index in [1.807, 2.05) is 0 Å². The number of thioether (sulfide) groups is 1. The van der Waals surface area contributed by atoms with Crippen LogP contribution in [0.4, 0.5) is 4.79 Å². The third kappa shape index (κ3) is 2.65. The van der Waals surface area contributed by atoms with Gasteiger partial charge in [-0.2, -0.15) is 0 Å². The van der Waals surface area contributed by atoms with Gasteiger partial charge in [-0.1, -0.05) is 0 Å². The van der Waals surface area contributed by atoms with E-state index in [4.69, 9.17) is 9.47 Å². The lowest BCUT2D eigenvalue weighted by Crippen LogP contribution is -2.17. The highest BCUT2D eigenvalue weighted by Gasteiger charge is 2.26. The van der Waals surface area contributed by atoms with Crippen molar-refractivity contribution < 1.29 is 24.2 Å². The predicted molar refractivity (Wildman–Crippen MR) is 70.3 cm³/mol. The van der Waals surface area contributed by atoms with Gasteiger partial charge in [0.05, 0.1) is 24.7 Å². The van der Waals surface area contributed by atoms with Crippen LogP contribution in [0.15, 0.2) is 17.0 Å². The Balaban J connectivity index is 2.52. The Morgan fingerprint density at radius 1 is 1.21 bits per heavy atom.